The van der Waals surface area contributed by atoms with Gasteiger partial charge in [-0.15, -0.1) is 0 Å². The molecule has 78 valence electrons. The van der Waals surface area contributed by atoms with Crippen molar-refractivity contribution in [1.82, 2.24) is 5.32 Å². The lowest BCUT2D eigenvalue weighted by atomic mass is 10.1. The first-order valence-corrected chi connectivity index (χ1v) is 4.07. The second kappa shape index (κ2) is 3.52. The molecule has 1 fully saturated rings. The van der Waals surface area contributed by atoms with Gasteiger partial charge in [-0.25, -0.2) is 0 Å². The number of hydrogen-bond donors (Lipinski definition) is 4. The Balaban J connectivity index is 2.57. The van der Waals surface area contributed by atoms with E-state index in [2.05, 4.69) is 10.5 Å². The topological polar surface area (TPSA) is 131 Å². The number of nitrogens with one attached hydrogen (secondary N) is 1. The summed E-state index contributed by atoms with van der Waals surface area (Å²) in [5.74, 6) is -1.18. The van der Waals surface area contributed by atoms with Crippen molar-refractivity contribution < 1.29 is 14.8 Å². The molecule has 2 amide bonds. The number of primary amides is 1. The molecule has 0 bridgehead atoms. The molecular weight excluding hydrogens is 188 g/mol. The second-order valence-electron chi connectivity index (χ2n) is 3.22. The lowest BCUT2D eigenvalue weighted by Crippen LogP contribution is -2.43. The zero-order valence-corrected chi connectivity index (χ0v) is 7.49. The summed E-state index contributed by atoms with van der Waals surface area (Å²) in [6.45, 7) is -0.237. The average Bonchev–Trinajstić information content (AvgIpc) is 2.93. The van der Waals surface area contributed by atoms with Gasteiger partial charge in [0.15, 0.2) is 5.84 Å². The zero-order chi connectivity index (χ0) is 10.8. The normalized spacial score (nSPS) is 18.7. The van der Waals surface area contributed by atoms with Gasteiger partial charge in [0.25, 0.3) is 0 Å². The van der Waals surface area contributed by atoms with Crippen molar-refractivity contribution in [3.63, 3.8) is 0 Å². The van der Waals surface area contributed by atoms with Crippen molar-refractivity contribution in [2.24, 2.45) is 22.0 Å². The van der Waals surface area contributed by atoms with Crippen LogP contribution in [0.15, 0.2) is 5.16 Å². The fraction of sp³-hybridized carbons (Fsp3) is 0.571. The molecule has 0 spiro atoms. The summed E-state index contributed by atoms with van der Waals surface area (Å²) in [6.07, 6.45) is 1.04. The van der Waals surface area contributed by atoms with E-state index in [-0.39, 0.29) is 12.4 Å². The number of hydrogen-bond acceptors (Lipinski definition) is 4. The lowest BCUT2D eigenvalue weighted by molar-refractivity contribution is -0.127. The third-order valence-electron chi connectivity index (χ3n) is 2.21. The van der Waals surface area contributed by atoms with E-state index in [1.807, 2.05) is 0 Å². The summed E-state index contributed by atoms with van der Waals surface area (Å²) >= 11 is 0. The molecule has 1 aliphatic carbocycles. The second-order valence-corrected chi connectivity index (χ2v) is 3.22. The van der Waals surface area contributed by atoms with E-state index >= 15 is 0 Å². The summed E-state index contributed by atoms with van der Waals surface area (Å²) in [4.78, 5) is 21.8. The van der Waals surface area contributed by atoms with Gasteiger partial charge in [0.05, 0.1) is 6.54 Å². The Bertz CT molecular complexity index is 295. The molecular formula is C7H12N4O3. The average molecular weight is 200 g/mol. The predicted molar refractivity (Wildman–Crippen MR) is 47.3 cm³/mol. The molecule has 0 unspecified atom stereocenters. The molecule has 7 heteroatoms. The number of nitrogens with zero attached hydrogens (tertiary/aromatic N) is 1. The Morgan fingerprint density at radius 3 is 2.36 bits per heavy atom. The maximum absolute atomic E-state index is 11.4. The van der Waals surface area contributed by atoms with Gasteiger partial charge in [0, 0.05) is 0 Å². The fourth-order valence-corrected chi connectivity index (χ4v) is 1.16. The highest BCUT2D eigenvalue weighted by Gasteiger charge is 2.54. The first kappa shape index (κ1) is 10.3. The summed E-state index contributed by atoms with van der Waals surface area (Å²) in [7, 11) is 0. The van der Waals surface area contributed by atoms with E-state index in [0.717, 1.165) is 0 Å². The number of carbonyl (C=O) groups excluding carboxylic acids is 2. The van der Waals surface area contributed by atoms with Crippen LogP contribution in [0.2, 0.25) is 0 Å². The summed E-state index contributed by atoms with van der Waals surface area (Å²) in [5.41, 5.74) is 9.27. The highest BCUT2D eigenvalue weighted by atomic mass is 16.4. The fourth-order valence-electron chi connectivity index (χ4n) is 1.16. The Labute approximate surface area is 80.1 Å². The minimum absolute atomic E-state index is 0.125. The molecule has 7 nitrogen and oxygen atoms in total. The highest BCUT2D eigenvalue weighted by Crippen LogP contribution is 2.45. The molecule has 0 atom stereocenters. The molecule has 14 heavy (non-hydrogen) atoms. The van der Waals surface area contributed by atoms with Gasteiger partial charge in [-0.2, -0.15) is 0 Å². The zero-order valence-electron chi connectivity index (χ0n) is 7.49. The number of nitrogens with two attached hydrogens (primary N) is 2. The quantitative estimate of drug-likeness (QED) is 0.183. The van der Waals surface area contributed by atoms with Crippen LogP contribution < -0.4 is 16.8 Å². The van der Waals surface area contributed by atoms with Gasteiger partial charge in [-0.05, 0) is 12.8 Å². The van der Waals surface area contributed by atoms with Crippen LogP contribution in [0.5, 0.6) is 0 Å². The lowest BCUT2D eigenvalue weighted by Gasteiger charge is -2.12. The Morgan fingerprint density at radius 2 is 2.00 bits per heavy atom. The number of carbonyl (C=O) groups is 2. The van der Waals surface area contributed by atoms with Crippen molar-refractivity contribution in [2.45, 2.75) is 12.8 Å². The van der Waals surface area contributed by atoms with Crippen LogP contribution in [-0.2, 0) is 9.59 Å². The maximum Gasteiger partial charge on any atom is 0.236 e. The van der Waals surface area contributed by atoms with E-state index in [0.29, 0.717) is 12.8 Å². The number of amidine groups is 1. The molecule has 6 N–H and O–H groups in total. The largest absolute Gasteiger partial charge is 0.409 e. The van der Waals surface area contributed by atoms with Crippen LogP contribution in [0.1, 0.15) is 12.8 Å². The molecule has 1 aliphatic rings. The molecule has 0 radical (unpaired) electrons. The monoisotopic (exact) mass is 200 g/mol. The standard InChI is InChI=1S/C7H12N4O3/c8-4(12)3-10-6(13)7(1-2-7)5(9)11-14/h14H,1-3H2,(H2,8,12)(H2,9,11)(H,10,13). The van der Waals surface area contributed by atoms with E-state index in [1.54, 1.807) is 0 Å². The van der Waals surface area contributed by atoms with E-state index in [1.165, 1.54) is 0 Å². The van der Waals surface area contributed by atoms with Crippen LogP contribution in [0, 0.1) is 5.41 Å². The number of oxime groups is 1. The van der Waals surface area contributed by atoms with Crippen molar-refractivity contribution in [2.75, 3.05) is 6.54 Å². The van der Waals surface area contributed by atoms with Crippen LogP contribution in [0.4, 0.5) is 0 Å². The van der Waals surface area contributed by atoms with E-state index in [9.17, 15) is 9.59 Å². The Morgan fingerprint density at radius 1 is 1.43 bits per heavy atom. The molecule has 0 aliphatic heterocycles. The van der Waals surface area contributed by atoms with Gasteiger partial charge in [-0.1, -0.05) is 5.16 Å². The first-order valence-electron chi connectivity index (χ1n) is 4.07. The van der Waals surface area contributed by atoms with Crippen molar-refractivity contribution >= 4 is 17.6 Å². The molecule has 1 rings (SSSR count). The molecule has 0 aromatic carbocycles. The van der Waals surface area contributed by atoms with Gasteiger partial charge in [-0.3, -0.25) is 9.59 Å². The van der Waals surface area contributed by atoms with Gasteiger partial charge >= 0.3 is 0 Å². The number of amides is 2. The van der Waals surface area contributed by atoms with Gasteiger partial charge in [0.1, 0.15) is 5.41 Å². The van der Waals surface area contributed by atoms with Crippen LogP contribution in [0.25, 0.3) is 0 Å². The third kappa shape index (κ3) is 1.76. The molecule has 0 aromatic heterocycles. The van der Waals surface area contributed by atoms with Crippen LogP contribution >= 0.6 is 0 Å². The minimum Gasteiger partial charge on any atom is -0.409 e. The summed E-state index contributed by atoms with van der Waals surface area (Å²) in [5, 5.41) is 13.5. The van der Waals surface area contributed by atoms with E-state index in [4.69, 9.17) is 16.7 Å². The Hall–Kier alpha value is -1.79. The van der Waals surface area contributed by atoms with E-state index < -0.39 is 17.2 Å². The highest BCUT2D eigenvalue weighted by molar-refractivity contribution is 6.09. The Kier molecular flexibility index (Phi) is 2.59. The van der Waals surface area contributed by atoms with Crippen molar-refractivity contribution in [3.05, 3.63) is 0 Å². The van der Waals surface area contributed by atoms with Gasteiger partial charge < -0.3 is 22.0 Å². The molecule has 0 aromatic rings. The maximum atomic E-state index is 11.4. The van der Waals surface area contributed by atoms with Crippen molar-refractivity contribution in [1.29, 1.82) is 0 Å². The molecule has 0 saturated heterocycles. The first-order chi connectivity index (χ1) is 6.53. The molecule has 1 saturated carbocycles. The summed E-state index contributed by atoms with van der Waals surface area (Å²) in [6, 6.07) is 0. The smallest absolute Gasteiger partial charge is 0.236 e. The molecule has 0 heterocycles. The van der Waals surface area contributed by atoms with Crippen LogP contribution in [0.3, 0.4) is 0 Å². The third-order valence-corrected chi connectivity index (χ3v) is 2.21. The number of rotatable bonds is 4. The SMILES string of the molecule is NC(=O)CNC(=O)C1(C(N)=NO)CC1. The minimum atomic E-state index is -0.926. The summed E-state index contributed by atoms with van der Waals surface area (Å²) < 4.78 is 0. The predicted octanol–water partition coefficient (Wildman–Crippen LogP) is -1.89. The van der Waals surface area contributed by atoms with Gasteiger partial charge in [0.2, 0.25) is 11.8 Å². The van der Waals surface area contributed by atoms with Crippen molar-refractivity contribution in [3.8, 4) is 0 Å². The van der Waals surface area contributed by atoms with Crippen LogP contribution in [-0.4, -0.2) is 29.4 Å².